The first kappa shape index (κ1) is 12.5. The van der Waals surface area contributed by atoms with E-state index in [1.54, 1.807) is 0 Å². The SMILES string of the molecule is C=CCCCNCC(C)(C)c1cccs1. The number of rotatable bonds is 7. The lowest BCUT2D eigenvalue weighted by Gasteiger charge is -2.23. The lowest BCUT2D eigenvalue weighted by atomic mass is 9.91. The van der Waals surface area contributed by atoms with Crippen LogP contribution in [-0.2, 0) is 5.41 Å². The summed E-state index contributed by atoms with van der Waals surface area (Å²) in [5.74, 6) is 0. The molecule has 1 rings (SSSR count). The highest BCUT2D eigenvalue weighted by Gasteiger charge is 2.20. The van der Waals surface area contributed by atoms with Crippen molar-refractivity contribution < 1.29 is 0 Å². The number of hydrogen-bond acceptors (Lipinski definition) is 2. The summed E-state index contributed by atoms with van der Waals surface area (Å²) in [7, 11) is 0. The molecule has 0 radical (unpaired) electrons. The Kier molecular flexibility index (Phi) is 5.06. The van der Waals surface area contributed by atoms with Crippen molar-refractivity contribution in [3.8, 4) is 0 Å². The Morgan fingerprint density at radius 2 is 2.33 bits per heavy atom. The van der Waals surface area contributed by atoms with Gasteiger partial charge in [0.1, 0.15) is 0 Å². The Hall–Kier alpha value is -0.600. The maximum Gasteiger partial charge on any atom is 0.0115 e. The highest BCUT2D eigenvalue weighted by molar-refractivity contribution is 7.10. The molecular formula is C13H21NS. The number of hydrogen-bond donors (Lipinski definition) is 1. The highest BCUT2D eigenvalue weighted by atomic mass is 32.1. The number of thiophene rings is 1. The first-order valence-corrected chi connectivity index (χ1v) is 6.40. The Morgan fingerprint density at radius 3 is 2.93 bits per heavy atom. The van der Waals surface area contributed by atoms with E-state index in [0.717, 1.165) is 19.5 Å². The van der Waals surface area contributed by atoms with E-state index in [0.29, 0.717) is 0 Å². The zero-order chi connectivity index (χ0) is 11.1. The van der Waals surface area contributed by atoms with Crippen LogP contribution in [0.5, 0.6) is 0 Å². The summed E-state index contributed by atoms with van der Waals surface area (Å²) in [5, 5.41) is 5.66. The first-order valence-electron chi connectivity index (χ1n) is 5.52. The van der Waals surface area contributed by atoms with Crippen molar-refractivity contribution in [2.45, 2.75) is 32.1 Å². The maximum atomic E-state index is 3.72. The quantitative estimate of drug-likeness (QED) is 0.550. The number of nitrogens with one attached hydrogen (secondary N) is 1. The van der Waals surface area contributed by atoms with E-state index < -0.39 is 0 Å². The third-order valence-corrected chi connectivity index (χ3v) is 3.75. The Balaban J connectivity index is 2.28. The lowest BCUT2D eigenvalue weighted by molar-refractivity contribution is 0.474. The summed E-state index contributed by atoms with van der Waals surface area (Å²) in [6.07, 6.45) is 4.27. The van der Waals surface area contributed by atoms with Crippen LogP contribution in [0.3, 0.4) is 0 Å². The van der Waals surface area contributed by atoms with E-state index in [9.17, 15) is 0 Å². The fourth-order valence-corrected chi connectivity index (χ4v) is 2.38. The summed E-state index contributed by atoms with van der Waals surface area (Å²) < 4.78 is 0. The minimum absolute atomic E-state index is 0.252. The van der Waals surface area contributed by atoms with Crippen molar-refractivity contribution in [3.63, 3.8) is 0 Å². The van der Waals surface area contributed by atoms with Gasteiger partial charge in [-0.25, -0.2) is 0 Å². The molecule has 0 aliphatic carbocycles. The molecule has 15 heavy (non-hydrogen) atoms. The zero-order valence-electron chi connectivity index (χ0n) is 9.75. The average Bonchev–Trinajstić information content (AvgIpc) is 2.70. The second kappa shape index (κ2) is 6.09. The van der Waals surface area contributed by atoms with Gasteiger partial charge >= 0.3 is 0 Å². The van der Waals surface area contributed by atoms with E-state index >= 15 is 0 Å². The molecule has 0 atom stereocenters. The van der Waals surface area contributed by atoms with Crippen molar-refractivity contribution in [2.75, 3.05) is 13.1 Å². The van der Waals surface area contributed by atoms with Gasteiger partial charge in [-0.3, -0.25) is 0 Å². The van der Waals surface area contributed by atoms with Crippen LogP contribution >= 0.6 is 11.3 Å². The van der Waals surface area contributed by atoms with Gasteiger partial charge in [-0.15, -0.1) is 17.9 Å². The van der Waals surface area contributed by atoms with Gasteiger partial charge in [-0.1, -0.05) is 26.0 Å². The second-order valence-electron chi connectivity index (χ2n) is 4.47. The van der Waals surface area contributed by atoms with Gasteiger partial charge in [0.05, 0.1) is 0 Å². The van der Waals surface area contributed by atoms with E-state index in [4.69, 9.17) is 0 Å². The molecule has 0 saturated heterocycles. The van der Waals surface area contributed by atoms with E-state index in [2.05, 4.69) is 43.3 Å². The van der Waals surface area contributed by atoms with Gasteiger partial charge in [0, 0.05) is 16.8 Å². The molecule has 84 valence electrons. The molecule has 0 aromatic carbocycles. The Labute approximate surface area is 97.2 Å². The van der Waals surface area contributed by atoms with Crippen molar-refractivity contribution >= 4 is 11.3 Å². The molecule has 0 fully saturated rings. The smallest absolute Gasteiger partial charge is 0.0115 e. The Morgan fingerprint density at radius 1 is 1.53 bits per heavy atom. The largest absolute Gasteiger partial charge is 0.316 e. The van der Waals surface area contributed by atoms with Gasteiger partial charge in [0.2, 0.25) is 0 Å². The fraction of sp³-hybridized carbons (Fsp3) is 0.538. The topological polar surface area (TPSA) is 12.0 Å². The average molecular weight is 223 g/mol. The van der Waals surface area contributed by atoms with Crippen LogP contribution in [0.15, 0.2) is 30.2 Å². The third kappa shape index (κ3) is 4.18. The molecule has 0 unspecified atom stereocenters. The molecule has 0 saturated carbocycles. The molecule has 0 spiro atoms. The standard InChI is InChI=1S/C13H21NS/c1-4-5-6-9-14-11-13(2,3)12-8-7-10-15-12/h4,7-8,10,14H,1,5-6,9,11H2,2-3H3. The van der Waals surface area contributed by atoms with Gasteiger partial charge in [0.15, 0.2) is 0 Å². The minimum Gasteiger partial charge on any atom is -0.316 e. The summed E-state index contributed by atoms with van der Waals surface area (Å²) >= 11 is 1.84. The molecule has 1 aromatic heterocycles. The number of allylic oxidation sites excluding steroid dienone is 1. The molecule has 0 aliphatic rings. The predicted octanol–water partition coefficient (Wildman–Crippen LogP) is 3.58. The van der Waals surface area contributed by atoms with Crippen LogP contribution in [0.4, 0.5) is 0 Å². The molecule has 0 bridgehead atoms. The fourth-order valence-electron chi connectivity index (χ4n) is 1.52. The van der Waals surface area contributed by atoms with Crippen LogP contribution in [0.1, 0.15) is 31.6 Å². The molecule has 1 aromatic rings. The van der Waals surface area contributed by atoms with Crippen molar-refractivity contribution in [1.29, 1.82) is 0 Å². The Bertz CT molecular complexity index is 275. The van der Waals surface area contributed by atoms with Gasteiger partial charge in [-0.2, -0.15) is 0 Å². The lowest BCUT2D eigenvalue weighted by Crippen LogP contribution is -2.32. The monoisotopic (exact) mass is 223 g/mol. The highest BCUT2D eigenvalue weighted by Crippen LogP contribution is 2.26. The normalized spacial score (nSPS) is 11.6. The van der Waals surface area contributed by atoms with Crippen molar-refractivity contribution in [3.05, 3.63) is 35.0 Å². The molecule has 1 nitrogen and oxygen atoms in total. The van der Waals surface area contributed by atoms with Crippen molar-refractivity contribution in [2.24, 2.45) is 0 Å². The first-order chi connectivity index (χ1) is 7.17. The predicted molar refractivity (Wildman–Crippen MR) is 69.6 cm³/mol. The molecular weight excluding hydrogens is 202 g/mol. The summed E-state index contributed by atoms with van der Waals surface area (Å²) in [6, 6.07) is 4.34. The van der Waals surface area contributed by atoms with E-state index in [-0.39, 0.29) is 5.41 Å². The zero-order valence-corrected chi connectivity index (χ0v) is 10.6. The summed E-state index contributed by atoms with van der Waals surface area (Å²) in [4.78, 5) is 1.46. The van der Waals surface area contributed by atoms with Gasteiger partial charge in [0.25, 0.3) is 0 Å². The molecule has 1 heterocycles. The molecule has 2 heteroatoms. The van der Waals surface area contributed by atoms with Crippen LogP contribution in [0.2, 0.25) is 0 Å². The summed E-state index contributed by atoms with van der Waals surface area (Å²) in [6.45, 7) is 10.4. The molecule has 0 aliphatic heterocycles. The van der Waals surface area contributed by atoms with Crippen LogP contribution in [-0.4, -0.2) is 13.1 Å². The van der Waals surface area contributed by atoms with Gasteiger partial charge in [-0.05, 0) is 30.8 Å². The second-order valence-corrected chi connectivity index (χ2v) is 5.42. The summed E-state index contributed by atoms with van der Waals surface area (Å²) in [5.41, 5.74) is 0.252. The molecule has 0 amide bonds. The molecule has 1 N–H and O–H groups in total. The number of unbranched alkanes of at least 4 members (excludes halogenated alkanes) is 1. The van der Waals surface area contributed by atoms with E-state index in [1.807, 2.05) is 17.4 Å². The minimum atomic E-state index is 0.252. The maximum absolute atomic E-state index is 3.72. The van der Waals surface area contributed by atoms with Crippen LogP contribution in [0.25, 0.3) is 0 Å². The van der Waals surface area contributed by atoms with Crippen LogP contribution in [0, 0.1) is 0 Å². The third-order valence-electron chi connectivity index (χ3n) is 2.52. The van der Waals surface area contributed by atoms with E-state index in [1.165, 1.54) is 11.3 Å². The van der Waals surface area contributed by atoms with Crippen molar-refractivity contribution in [1.82, 2.24) is 5.32 Å². The van der Waals surface area contributed by atoms with Crippen LogP contribution < -0.4 is 5.32 Å². The van der Waals surface area contributed by atoms with Gasteiger partial charge < -0.3 is 5.32 Å².